The average Bonchev–Trinajstić information content (AvgIpc) is 3.06. The number of benzene rings is 2. The first-order valence-corrected chi connectivity index (χ1v) is 9.21. The second kappa shape index (κ2) is 6.58. The first kappa shape index (κ1) is 16.2. The molecule has 128 valence electrons. The molecule has 1 saturated carbocycles. The molecule has 0 radical (unpaired) electrons. The van der Waals surface area contributed by atoms with Crippen molar-refractivity contribution in [2.24, 2.45) is 0 Å². The molecule has 3 aromatic rings. The normalized spacial score (nSPS) is 15.6. The molecule has 1 aliphatic carbocycles. The van der Waals surface area contributed by atoms with Gasteiger partial charge in [0.25, 0.3) is 0 Å². The predicted molar refractivity (Wildman–Crippen MR) is 99.8 cm³/mol. The van der Waals surface area contributed by atoms with Gasteiger partial charge in [0, 0.05) is 18.1 Å². The van der Waals surface area contributed by atoms with Crippen LogP contribution in [0.5, 0.6) is 0 Å². The number of aromatic nitrogens is 1. The first-order valence-electron chi connectivity index (χ1n) is 8.33. The summed E-state index contributed by atoms with van der Waals surface area (Å²) in [6.45, 7) is 0. The van der Waals surface area contributed by atoms with E-state index in [-0.39, 0.29) is 11.4 Å². The van der Waals surface area contributed by atoms with E-state index >= 15 is 0 Å². The highest BCUT2D eigenvalue weighted by atomic mass is 32.1. The lowest BCUT2D eigenvalue weighted by Crippen LogP contribution is -2.35. The van der Waals surface area contributed by atoms with Gasteiger partial charge in [0.15, 0.2) is 5.13 Å². The van der Waals surface area contributed by atoms with Gasteiger partial charge in [-0.05, 0) is 43.0 Å². The number of halogens is 1. The average molecular weight is 354 g/mol. The lowest BCUT2D eigenvalue weighted by molar-refractivity contribution is -0.0778. The zero-order valence-corrected chi connectivity index (χ0v) is 14.8. The number of ether oxygens (including phenoxy) is 1. The zero-order valence-electron chi connectivity index (χ0n) is 14.0. The smallest absolute Gasteiger partial charge is 0.187 e. The number of rotatable bonds is 5. The first-order chi connectivity index (χ1) is 12.2. The Morgan fingerprint density at radius 1 is 1.16 bits per heavy atom. The van der Waals surface area contributed by atoms with E-state index in [1.165, 1.54) is 29.4 Å². The van der Waals surface area contributed by atoms with Crippen LogP contribution < -0.4 is 5.32 Å². The molecule has 25 heavy (non-hydrogen) atoms. The number of nitrogens with zero attached hydrogens (tertiary/aromatic N) is 1. The number of hydrogen-bond acceptors (Lipinski definition) is 4. The number of anilines is 2. The molecule has 0 unspecified atom stereocenters. The molecule has 1 aliphatic rings. The SMILES string of the molecule is COC1(c2cccc(-c3csc(Nc4ccccc4F)n3)c2)CCC1. The topological polar surface area (TPSA) is 34.1 Å². The van der Waals surface area contributed by atoms with E-state index < -0.39 is 0 Å². The molecule has 0 spiro atoms. The molecule has 4 rings (SSSR count). The van der Waals surface area contributed by atoms with Crippen molar-refractivity contribution in [3.8, 4) is 11.3 Å². The van der Waals surface area contributed by atoms with Crippen molar-refractivity contribution in [2.45, 2.75) is 24.9 Å². The fraction of sp³-hybridized carbons (Fsp3) is 0.250. The highest BCUT2D eigenvalue weighted by molar-refractivity contribution is 7.14. The molecule has 1 fully saturated rings. The van der Waals surface area contributed by atoms with Crippen molar-refractivity contribution >= 4 is 22.2 Å². The van der Waals surface area contributed by atoms with Crippen LogP contribution in [0.2, 0.25) is 0 Å². The summed E-state index contributed by atoms with van der Waals surface area (Å²) < 4.78 is 19.6. The van der Waals surface area contributed by atoms with Gasteiger partial charge in [0.2, 0.25) is 0 Å². The van der Waals surface area contributed by atoms with E-state index in [1.54, 1.807) is 25.3 Å². The third kappa shape index (κ3) is 3.05. The van der Waals surface area contributed by atoms with Crippen LogP contribution >= 0.6 is 11.3 Å². The van der Waals surface area contributed by atoms with Gasteiger partial charge in [0.05, 0.1) is 17.0 Å². The van der Waals surface area contributed by atoms with E-state index in [1.807, 2.05) is 17.5 Å². The number of nitrogens with one attached hydrogen (secondary N) is 1. The van der Waals surface area contributed by atoms with Crippen LogP contribution in [-0.4, -0.2) is 12.1 Å². The quantitative estimate of drug-likeness (QED) is 0.636. The minimum absolute atomic E-state index is 0.139. The Morgan fingerprint density at radius 3 is 2.72 bits per heavy atom. The maximum absolute atomic E-state index is 13.8. The summed E-state index contributed by atoms with van der Waals surface area (Å²) in [5.74, 6) is -0.284. The fourth-order valence-electron chi connectivity index (χ4n) is 3.21. The molecule has 3 nitrogen and oxygen atoms in total. The standard InChI is InChI=1S/C20H19FN2OS/c1-24-20(10-5-11-20)15-7-4-6-14(12-15)18-13-25-19(23-18)22-17-9-3-2-8-16(17)21/h2-4,6-9,12-13H,5,10-11H2,1H3,(H,22,23). The van der Waals surface area contributed by atoms with Gasteiger partial charge in [0.1, 0.15) is 5.82 Å². The van der Waals surface area contributed by atoms with Crippen LogP contribution in [-0.2, 0) is 10.3 Å². The molecular weight excluding hydrogens is 335 g/mol. The Kier molecular flexibility index (Phi) is 4.27. The Bertz CT molecular complexity index is 883. The molecule has 0 saturated heterocycles. The lowest BCUT2D eigenvalue weighted by Gasteiger charge is -2.41. The second-order valence-electron chi connectivity index (χ2n) is 6.28. The molecule has 1 aromatic heterocycles. The molecule has 1 N–H and O–H groups in total. The minimum Gasteiger partial charge on any atom is -0.374 e. The van der Waals surface area contributed by atoms with E-state index in [9.17, 15) is 4.39 Å². The summed E-state index contributed by atoms with van der Waals surface area (Å²) in [4.78, 5) is 4.61. The van der Waals surface area contributed by atoms with E-state index in [2.05, 4.69) is 22.4 Å². The molecule has 0 amide bonds. The van der Waals surface area contributed by atoms with E-state index in [0.29, 0.717) is 10.8 Å². The fourth-order valence-corrected chi connectivity index (χ4v) is 3.94. The maximum atomic E-state index is 13.8. The number of hydrogen-bond donors (Lipinski definition) is 1. The van der Waals surface area contributed by atoms with Gasteiger partial charge >= 0.3 is 0 Å². The Hall–Kier alpha value is -2.24. The third-order valence-corrected chi connectivity index (χ3v) is 5.61. The van der Waals surface area contributed by atoms with Gasteiger partial charge in [-0.3, -0.25) is 0 Å². The van der Waals surface area contributed by atoms with Crippen molar-refractivity contribution in [3.05, 3.63) is 65.3 Å². The van der Waals surface area contributed by atoms with Crippen molar-refractivity contribution in [3.63, 3.8) is 0 Å². The molecule has 0 atom stereocenters. The Balaban J connectivity index is 1.59. The van der Waals surface area contributed by atoms with Crippen LogP contribution in [0, 0.1) is 5.82 Å². The van der Waals surface area contributed by atoms with Gasteiger partial charge in [-0.25, -0.2) is 9.37 Å². The number of thiazole rings is 1. The van der Waals surface area contributed by atoms with E-state index in [4.69, 9.17) is 4.74 Å². The molecular formula is C20H19FN2OS. The lowest BCUT2D eigenvalue weighted by atomic mass is 9.74. The monoisotopic (exact) mass is 354 g/mol. The van der Waals surface area contributed by atoms with Gasteiger partial charge in [-0.15, -0.1) is 11.3 Å². The largest absolute Gasteiger partial charge is 0.374 e. The molecule has 0 aliphatic heterocycles. The summed E-state index contributed by atoms with van der Waals surface area (Å²) in [6.07, 6.45) is 3.32. The summed E-state index contributed by atoms with van der Waals surface area (Å²) in [6, 6.07) is 15.0. The van der Waals surface area contributed by atoms with Gasteiger partial charge in [-0.2, -0.15) is 0 Å². The third-order valence-electron chi connectivity index (χ3n) is 4.86. The van der Waals surface area contributed by atoms with E-state index in [0.717, 1.165) is 24.1 Å². The summed E-state index contributed by atoms with van der Waals surface area (Å²) >= 11 is 1.47. The second-order valence-corrected chi connectivity index (χ2v) is 7.13. The highest BCUT2D eigenvalue weighted by Crippen LogP contribution is 2.45. The zero-order chi connectivity index (χ0) is 17.3. The Labute approximate surface area is 150 Å². The molecule has 1 heterocycles. The number of para-hydroxylation sites is 1. The molecule has 0 bridgehead atoms. The summed E-state index contributed by atoms with van der Waals surface area (Å²) in [5.41, 5.74) is 3.44. The highest BCUT2D eigenvalue weighted by Gasteiger charge is 2.38. The van der Waals surface area contributed by atoms with Gasteiger partial charge in [-0.1, -0.05) is 30.3 Å². The summed E-state index contributed by atoms with van der Waals surface area (Å²) in [7, 11) is 1.78. The Morgan fingerprint density at radius 2 is 2.00 bits per heavy atom. The van der Waals surface area contributed by atoms with Crippen LogP contribution in [0.1, 0.15) is 24.8 Å². The summed E-state index contributed by atoms with van der Waals surface area (Å²) in [5, 5.41) is 5.71. The van der Waals surface area contributed by atoms with Crippen LogP contribution in [0.15, 0.2) is 53.9 Å². The predicted octanol–water partition coefficient (Wildman–Crippen LogP) is 5.72. The van der Waals surface area contributed by atoms with Crippen LogP contribution in [0.3, 0.4) is 0 Å². The number of methoxy groups -OCH3 is 1. The van der Waals surface area contributed by atoms with Crippen molar-refractivity contribution in [2.75, 3.05) is 12.4 Å². The van der Waals surface area contributed by atoms with Crippen LogP contribution in [0.4, 0.5) is 15.2 Å². The van der Waals surface area contributed by atoms with Crippen molar-refractivity contribution in [1.82, 2.24) is 4.98 Å². The van der Waals surface area contributed by atoms with Gasteiger partial charge < -0.3 is 10.1 Å². The van der Waals surface area contributed by atoms with Crippen LogP contribution in [0.25, 0.3) is 11.3 Å². The minimum atomic E-state index is -0.284. The molecule has 2 aromatic carbocycles. The van der Waals surface area contributed by atoms with Crippen molar-refractivity contribution in [1.29, 1.82) is 0 Å². The van der Waals surface area contributed by atoms with Crippen molar-refractivity contribution < 1.29 is 9.13 Å². The maximum Gasteiger partial charge on any atom is 0.187 e. The molecule has 5 heteroatoms.